The highest BCUT2D eigenvalue weighted by Gasteiger charge is 2.20. The molecule has 2 aromatic carbocycles. The first-order valence-corrected chi connectivity index (χ1v) is 10.1. The number of rotatable bonds is 9. The normalized spacial score (nSPS) is 10.5. The van der Waals surface area contributed by atoms with Gasteiger partial charge in [-0.05, 0) is 48.2 Å². The van der Waals surface area contributed by atoms with Crippen molar-refractivity contribution in [2.75, 3.05) is 24.7 Å². The van der Waals surface area contributed by atoms with Crippen molar-refractivity contribution in [1.82, 2.24) is 5.32 Å². The predicted molar refractivity (Wildman–Crippen MR) is 121 cm³/mol. The molecule has 0 saturated carbocycles. The summed E-state index contributed by atoms with van der Waals surface area (Å²) in [6.07, 6.45) is 2.57. The molecule has 5 nitrogen and oxygen atoms in total. The molecule has 0 aliphatic heterocycles. The number of nitrogens with zero attached hydrogens (tertiary/aromatic N) is 1. The monoisotopic (exact) mass is 398 g/mol. The van der Waals surface area contributed by atoms with Gasteiger partial charge in [-0.25, -0.2) is 0 Å². The van der Waals surface area contributed by atoms with E-state index in [1.807, 2.05) is 24.3 Å². The molecule has 2 rings (SSSR count). The molecule has 0 radical (unpaired) electrons. The maximum atomic E-state index is 8.05. The lowest BCUT2D eigenvalue weighted by atomic mass is 10.0. The number of aryl methyl sites for hydroxylation is 2. The van der Waals surface area contributed by atoms with Gasteiger partial charge in [-0.2, -0.15) is 0 Å². The minimum absolute atomic E-state index is 0.0851. The molecule has 6 heteroatoms. The molecule has 4 N–H and O–H groups in total. The van der Waals surface area contributed by atoms with Crippen LogP contribution in [-0.2, 0) is 24.0 Å². The molecule has 28 heavy (non-hydrogen) atoms. The van der Waals surface area contributed by atoms with Gasteiger partial charge in [0.2, 0.25) is 0 Å². The van der Waals surface area contributed by atoms with Gasteiger partial charge in [0.05, 0.1) is 18.9 Å². The lowest BCUT2D eigenvalue weighted by Gasteiger charge is -2.28. The van der Waals surface area contributed by atoms with Crippen molar-refractivity contribution in [2.45, 2.75) is 33.1 Å². The van der Waals surface area contributed by atoms with E-state index in [0.29, 0.717) is 24.9 Å². The van der Waals surface area contributed by atoms with Gasteiger partial charge < -0.3 is 15.8 Å². The molecule has 0 aliphatic rings. The second-order valence-corrected chi connectivity index (χ2v) is 6.82. The molecule has 0 heterocycles. The summed E-state index contributed by atoms with van der Waals surface area (Å²) in [5.41, 5.74) is 10.3. The summed E-state index contributed by atoms with van der Waals surface area (Å²) in [7, 11) is 0. The van der Waals surface area contributed by atoms with Gasteiger partial charge in [-0.15, -0.1) is 0 Å². The molecular formula is C22H30N4OS. The summed E-state index contributed by atoms with van der Waals surface area (Å²) in [6, 6.07) is 16.4. The first kappa shape index (κ1) is 21.9. The molecule has 0 bridgehead atoms. The van der Waals surface area contributed by atoms with Gasteiger partial charge >= 0.3 is 0 Å². The van der Waals surface area contributed by atoms with E-state index < -0.39 is 0 Å². The Kier molecular flexibility index (Phi) is 8.91. The number of para-hydroxylation sites is 1. The van der Waals surface area contributed by atoms with E-state index in [1.165, 1.54) is 5.56 Å². The van der Waals surface area contributed by atoms with Crippen LogP contribution in [-0.4, -0.2) is 30.8 Å². The smallest absolute Gasteiger partial charge is 0.199 e. The standard InChI is InChI=1S/C22H30N4OS/c1-3-18-11-8-12-19(4-2)20(18)26(21(23)24)22(28)25-14-16-27-15-13-17-9-6-5-7-10-17/h5-12H,3-4,13-16H2,1-2H3,(H3,23,24)(H,25,28). The quantitative estimate of drug-likeness (QED) is 0.260. The van der Waals surface area contributed by atoms with E-state index in [2.05, 4.69) is 43.4 Å². The van der Waals surface area contributed by atoms with Crippen molar-refractivity contribution in [3.63, 3.8) is 0 Å². The lowest BCUT2D eigenvalue weighted by Crippen LogP contribution is -2.48. The molecule has 150 valence electrons. The molecule has 2 aromatic rings. The van der Waals surface area contributed by atoms with E-state index in [1.54, 1.807) is 4.90 Å². The minimum atomic E-state index is -0.0851. The van der Waals surface area contributed by atoms with Crippen molar-refractivity contribution in [1.29, 1.82) is 5.41 Å². The van der Waals surface area contributed by atoms with Crippen LogP contribution in [0.1, 0.15) is 30.5 Å². The van der Waals surface area contributed by atoms with Crippen LogP contribution in [0.5, 0.6) is 0 Å². The number of nitrogens with one attached hydrogen (secondary N) is 2. The lowest BCUT2D eigenvalue weighted by molar-refractivity contribution is 0.142. The molecule has 0 spiro atoms. The third-order valence-corrected chi connectivity index (χ3v) is 4.86. The molecule has 0 unspecified atom stereocenters. The highest BCUT2D eigenvalue weighted by molar-refractivity contribution is 7.80. The van der Waals surface area contributed by atoms with Gasteiger partial charge in [0.25, 0.3) is 0 Å². The van der Waals surface area contributed by atoms with Crippen LogP contribution in [0, 0.1) is 5.41 Å². The van der Waals surface area contributed by atoms with Crippen molar-refractivity contribution in [3.05, 3.63) is 65.2 Å². The third-order valence-electron chi connectivity index (χ3n) is 4.53. The van der Waals surface area contributed by atoms with E-state index >= 15 is 0 Å². The SMILES string of the molecule is CCc1cccc(CC)c1N(C(=N)N)C(=S)NCCOCCc1ccccc1. The third kappa shape index (κ3) is 6.04. The van der Waals surface area contributed by atoms with Crippen LogP contribution in [0.4, 0.5) is 5.69 Å². The van der Waals surface area contributed by atoms with Gasteiger partial charge in [-0.3, -0.25) is 10.3 Å². The second-order valence-electron chi connectivity index (χ2n) is 6.43. The number of benzene rings is 2. The molecule has 0 atom stereocenters. The molecular weight excluding hydrogens is 368 g/mol. The summed E-state index contributed by atoms with van der Waals surface area (Å²) in [6.45, 7) is 5.94. The number of anilines is 1. The Morgan fingerprint density at radius 3 is 2.25 bits per heavy atom. The summed E-state index contributed by atoms with van der Waals surface area (Å²) in [5.74, 6) is -0.0851. The van der Waals surface area contributed by atoms with Gasteiger partial charge in [-0.1, -0.05) is 62.4 Å². The largest absolute Gasteiger partial charge is 0.379 e. The van der Waals surface area contributed by atoms with Crippen LogP contribution in [0.3, 0.4) is 0 Å². The number of thiocarbonyl (C=S) groups is 1. The predicted octanol–water partition coefficient (Wildman–Crippen LogP) is 3.65. The van der Waals surface area contributed by atoms with Crippen LogP contribution in [0.15, 0.2) is 48.5 Å². The molecule has 0 fully saturated rings. The van der Waals surface area contributed by atoms with E-state index in [-0.39, 0.29) is 5.96 Å². The number of ether oxygens (including phenoxy) is 1. The van der Waals surface area contributed by atoms with E-state index in [0.717, 1.165) is 36.1 Å². The fourth-order valence-corrected chi connectivity index (χ4v) is 3.37. The van der Waals surface area contributed by atoms with Gasteiger partial charge in [0, 0.05) is 6.54 Å². The maximum Gasteiger partial charge on any atom is 0.199 e. The zero-order valence-electron chi connectivity index (χ0n) is 16.7. The summed E-state index contributed by atoms with van der Waals surface area (Å²) >= 11 is 5.54. The summed E-state index contributed by atoms with van der Waals surface area (Å²) in [4.78, 5) is 1.62. The molecule has 0 amide bonds. The average Bonchev–Trinajstić information content (AvgIpc) is 2.71. The topological polar surface area (TPSA) is 74.4 Å². The van der Waals surface area contributed by atoms with Crippen LogP contribution in [0.2, 0.25) is 0 Å². The van der Waals surface area contributed by atoms with Crippen molar-refractivity contribution >= 4 is 29.0 Å². The Hall–Kier alpha value is -2.44. The highest BCUT2D eigenvalue weighted by Crippen LogP contribution is 2.27. The summed E-state index contributed by atoms with van der Waals surface area (Å²) < 4.78 is 5.70. The van der Waals surface area contributed by atoms with Crippen LogP contribution in [0.25, 0.3) is 0 Å². The number of guanidine groups is 1. The Morgan fingerprint density at radius 2 is 1.68 bits per heavy atom. The molecule has 0 saturated heterocycles. The van der Waals surface area contributed by atoms with Gasteiger partial charge in [0.15, 0.2) is 11.1 Å². The second kappa shape index (κ2) is 11.4. The highest BCUT2D eigenvalue weighted by atomic mass is 32.1. The van der Waals surface area contributed by atoms with Gasteiger partial charge in [0.1, 0.15) is 0 Å². The number of hydrogen-bond acceptors (Lipinski definition) is 3. The Morgan fingerprint density at radius 1 is 1.04 bits per heavy atom. The van der Waals surface area contributed by atoms with Crippen LogP contribution >= 0.6 is 12.2 Å². The first-order valence-electron chi connectivity index (χ1n) is 9.72. The fourth-order valence-electron chi connectivity index (χ4n) is 3.08. The van der Waals surface area contributed by atoms with Crippen molar-refractivity contribution < 1.29 is 4.74 Å². The van der Waals surface area contributed by atoms with E-state index in [4.69, 9.17) is 28.1 Å². The molecule has 0 aliphatic carbocycles. The first-order chi connectivity index (χ1) is 13.6. The maximum absolute atomic E-state index is 8.05. The number of hydrogen-bond donors (Lipinski definition) is 3. The number of nitrogens with two attached hydrogens (primary N) is 1. The Bertz CT molecular complexity index is 757. The Balaban J connectivity index is 1.91. The zero-order valence-corrected chi connectivity index (χ0v) is 17.5. The van der Waals surface area contributed by atoms with Crippen LogP contribution < -0.4 is 16.0 Å². The van der Waals surface area contributed by atoms with Crippen molar-refractivity contribution in [2.24, 2.45) is 5.73 Å². The molecule has 0 aromatic heterocycles. The average molecular weight is 399 g/mol. The van der Waals surface area contributed by atoms with E-state index in [9.17, 15) is 0 Å². The fraction of sp³-hybridized carbons (Fsp3) is 0.364. The minimum Gasteiger partial charge on any atom is -0.379 e. The van der Waals surface area contributed by atoms with Crippen molar-refractivity contribution in [3.8, 4) is 0 Å². The summed E-state index contributed by atoms with van der Waals surface area (Å²) in [5, 5.41) is 11.7. The Labute approximate surface area is 173 Å². The zero-order chi connectivity index (χ0) is 20.4.